The third kappa shape index (κ3) is 9.85. The first-order chi connectivity index (χ1) is 24.6. The zero-order valence-corrected chi connectivity index (χ0v) is 32.7. The number of nitrogens with zero attached hydrogens (tertiary/aromatic N) is 3. The van der Waals surface area contributed by atoms with Crippen LogP contribution in [0.25, 0.3) is 37.8 Å². The lowest BCUT2D eigenvalue weighted by Gasteiger charge is -2.21. The number of fused-ring (bicyclic) bond motifs is 6. The molecular weight excluding hydrogens is 723 g/mol. The topological polar surface area (TPSA) is 114 Å². The van der Waals surface area contributed by atoms with Crippen molar-refractivity contribution in [1.82, 2.24) is 4.90 Å². The summed E-state index contributed by atoms with van der Waals surface area (Å²) in [5, 5.41) is 6.30. The van der Waals surface area contributed by atoms with Crippen LogP contribution in [0.5, 0.6) is 0 Å². The van der Waals surface area contributed by atoms with E-state index in [9.17, 15) is 21.7 Å². The van der Waals surface area contributed by atoms with Crippen molar-refractivity contribution < 1.29 is 30.5 Å². The van der Waals surface area contributed by atoms with Gasteiger partial charge < -0.3 is 14.4 Å². The first-order valence-corrected chi connectivity index (χ1v) is 21.4. The van der Waals surface area contributed by atoms with E-state index in [4.69, 9.17) is 4.18 Å². The van der Waals surface area contributed by atoms with E-state index in [0.29, 0.717) is 13.1 Å². The van der Waals surface area contributed by atoms with E-state index in [0.717, 1.165) is 64.4 Å². The molecule has 0 fully saturated rings. The van der Waals surface area contributed by atoms with E-state index < -0.39 is 27.2 Å². The molecule has 0 bridgehead atoms. The summed E-state index contributed by atoms with van der Waals surface area (Å²) >= 11 is 0.927. The average molecular weight is 768 g/mol. The molecule has 5 aromatic rings. The minimum atomic E-state index is -4.33. The third-order valence-electron chi connectivity index (χ3n) is 8.87. The lowest BCUT2D eigenvalue weighted by molar-refractivity contribution is -0.667. The molecule has 0 amide bonds. The summed E-state index contributed by atoms with van der Waals surface area (Å²) in [5.41, 5.74) is 3.13. The van der Waals surface area contributed by atoms with Crippen LogP contribution in [0, 0.1) is 0 Å². The van der Waals surface area contributed by atoms with Crippen molar-refractivity contribution >= 4 is 88.1 Å². The fourth-order valence-electron chi connectivity index (χ4n) is 6.24. The summed E-state index contributed by atoms with van der Waals surface area (Å²) in [7, 11) is -4.33. The van der Waals surface area contributed by atoms with Crippen LogP contribution in [0.2, 0.25) is 0 Å². The Labute approximate surface area is 311 Å². The van der Waals surface area contributed by atoms with Crippen LogP contribution in [-0.4, -0.2) is 65.2 Å². The number of aromatic nitrogens is 1. The Kier molecular flexibility index (Phi) is 13.8. The molecule has 0 spiro atoms. The molecule has 51 heavy (non-hydrogen) atoms. The molecule has 0 saturated heterocycles. The minimum absolute atomic E-state index is 0.0703. The van der Waals surface area contributed by atoms with Gasteiger partial charge in [-0.3, -0.25) is 8.74 Å². The number of hydrogen-bond acceptors (Lipinski definition) is 9. The number of thioether (sulfide) groups is 1. The van der Waals surface area contributed by atoms with Crippen molar-refractivity contribution in [1.29, 1.82) is 0 Å². The largest absolute Gasteiger partial charge is 0.748 e. The molecule has 272 valence electrons. The highest BCUT2D eigenvalue weighted by Crippen LogP contribution is 2.49. The van der Waals surface area contributed by atoms with Crippen molar-refractivity contribution in [2.24, 2.45) is 0 Å². The molecule has 1 N–H and O–H groups in total. The van der Waals surface area contributed by atoms with Crippen molar-refractivity contribution in [2.75, 3.05) is 43.4 Å². The van der Waals surface area contributed by atoms with Crippen LogP contribution >= 0.6 is 23.1 Å². The van der Waals surface area contributed by atoms with Crippen LogP contribution in [0.1, 0.15) is 45.5 Å². The van der Waals surface area contributed by atoms with E-state index in [1.807, 2.05) is 24.3 Å². The number of benzene rings is 4. The second kappa shape index (κ2) is 18.1. The summed E-state index contributed by atoms with van der Waals surface area (Å²) in [5.74, 6) is -0.422. The smallest absolute Gasteiger partial charge is 0.301 e. The zero-order chi connectivity index (χ0) is 36.5. The van der Waals surface area contributed by atoms with Gasteiger partial charge in [-0.25, -0.2) is 8.42 Å². The number of anilines is 1. The average Bonchev–Trinajstić information content (AvgIpc) is 3.65. The maximum Gasteiger partial charge on any atom is 0.301 e. The molecule has 6 rings (SSSR count). The van der Waals surface area contributed by atoms with Gasteiger partial charge in [-0.15, -0.1) is 0 Å². The van der Waals surface area contributed by atoms with Crippen LogP contribution < -0.4 is 9.47 Å². The lowest BCUT2D eigenvalue weighted by atomic mass is 10.1. The summed E-state index contributed by atoms with van der Waals surface area (Å²) < 4.78 is 63.0. The van der Waals surface area contributed by atoms with Gasteiger partial charge in [0.1, 0.15) is 4.70 Å². The first-order valence-electron chi connectivity index (χ1n) is 17.2. The Bertz CT molecular complexity index is 2170. The number of aryl methyl sites for hydroxylation is 1. The molecule has 1 atom stereocenters. The van der Waals surface area contributed by atoms with E-state index in [-0.39, 0.29) is 13.0 Å². The quantitative estimate of drug-likeness (QED) is 0.0679. The van der Waals surface area contributed by atoms with Gasteiger partial charge in [0.05, 0.1) is 32.8 Å². The van der Waals surface area contributed by atoms with E-state index in [1.165, 1.54) is 19.6 Å². The SMILES string of the molecule is CCC(=Cc1sc2ccc3ccccc3c2[n+]1CCCS(=O)(=O)[O-])C=C1Sc2ccc3ccccc3c2N1CCOS(=O)O.CCN(CC)CC. The predicted octanol–water partition coefficient (Wildman–Crippen LogP) is 8.18. The fraction of sp³-hybridized carbons (Fsp3) is 0.342. The lowest BCUT2D eigenvalue weighted by Crippen LogP contribution is -2.36. The van der Waals surface area contributed by atoms with E-state index >= 15 is 0 Å². The molecule has 1 aliphatic heterocycles. The highest BCUT2D eigenvalue weighted by atomic mass is 32.2. The molecule has 1 aliphatic rings. The normalized spacial score (nSPS) is 14.8. The highest BCUT2D eigenvalue weighted by Gasteiger charge is 2.28. The van der Waals surface area contributed by atoms with Gasteiger partial charge in [-0.2, -0.15) is 8.78 Å². The third-order valence-corrected chi connectivity index (χ3v) is 12.2. The number of rotatable bonds is 14. The van der Waals surface area contributed by atoms with Gasteiger partial charge in [0.25, 0.3) is 5.01 Å². The zero-order valence-electron chi connectivity index (χ0n) is 29.4. The Morgan fingerprint density at radius 3 is 2.24 bits per heavy atom. The maximum atomic E-state index is 11.4. The molecule has 0 aliphatic carbocycles. The van der Waals surface area contributed by atoms with Gasteiger partial charge in [0, 0.05) is 35.1 Å². The second-order valence-electron chi connectivity index (χ2n) is 11.9. The van der Waals surface area contributed by atoms with Gasteiger partial charge >= 0.3 is 11.4 Å². The highest BCUT2D eigenvalue weighted by molar-refractivity contribution is 8.03. The van der Waals surface area contributed by atoms with Crippen molar-refractivity contribution in [3.8, 4) is 0 Å². The van der Waals surface area contributed by atoms with E-state index in [2.05, 4.69) is 103 Å². The molecule has 0 saturated carbocycles. The fourth-order valence-corrected chi connectivity index (χ4v) is 9.30. The number of thiazole rings is 1. The molecule has 1 unspecified atom stereocenters. The van der Waals surface area contributed by atoms with Crippen LogP contribution in [0.4, 0.5) is 5.69 Å². The predicted molar refractivity (Wildman–Crippen MR) is 212 cm³/mol. The minimum Gasteiger partial charge on any atom is -0.748 e. The van der Waals surface area contributed by atoms with Crippen LogP contribution in [0.15, 0.2) is 94.4 Å². The Balaban J connectivity index is 0.000000654. The summed E-state index contributed by atoms with van der Waals surface area (Å²) in [4.78, 5) is 5.61. The molecule has 9 nitrogen and oxygen atoms in total. The van der Waals surface area contributed by atoms with Gasteiger partial charge in [-0.1, -0.05) is 105 Å². The second-order valence-corrected chi connectivity index (χ2v) is 16.3. The summed E-state index contributed by atoms with van der Waals surface area (Å²) in [6.07, 6.45) is 5.23. The summed E-state index contributed by atoms with van der Waals surface area (Å²) in [6, 6.07) is 24.7. The van der Waals surface area contributed by atoms with Crippen molar-refractivity contribution in [3.63, 3.8) is 0 Å². The molecule has 13 heteroatoms. The standard InChI is InChI=1S/C32H30N2O6S4.C6H15N/c1-2-22(21-30-34(17-18-40-43(35)36)32-26-11-6-4-9-24(26)13-15-28(32)42-30)20-29-33(16-7-19-44(37,38)39)31-25-10-5-3-8-23(25)12-14-27(31)41-29;1-4-7(5-2)6-3/h3-6,8-15,20-21H,2,7,16-19H2,1H3,(H-,35,36,37,38,39);4-6H2,1-3H3. The number of hydrogen-bond donors (Lipinski definition) is 1. The molecule has 4 aromatic carbocycles. The number of allylic oxidation sites excluding steroid dienone is 2. The molecule has 1 aromatic heterocycles. The Hall–Kier alpha value is -3.14. The monoisotopic (exact) mass is 767 g/mol. The van der Waals surface area contributed by atoms with Gasteiger partial charge in [0.2, 0.25) is 5.52 Å². The molecule has 0 radical (unpaired) electrons. The van der Waals surface area contributed by atoms with E-state index in [1.54, 1.807) is 23.1 Å². The van der Waals surface area contributed by atoms with Gasteiger partial charge in [0.15, 0.2) is 6.54 Å². The van der Waals surface area contributed by atoms with Crippen molar-refractivity contribution in [2.45, 2.75) is 52.0 Å². The first kappa shape index (κ1) is 39.1. The van der Waals surface area contributed by atoms with Crippen LogP contribution in [-0.2, 0) is 32.2 Å². The molecular formula is C38H45N3O6S4. The van der Waals surface area contributed by atoms with Crippen molar-refractivity contribution in [3.05, 3.63) is 94.5 Å². The van der Waals surface area contributed by atoms with Gasteiger partial charge in [-0.05, 0) is 66.7 Å². The summed E-state index contributed by atoms with van der Waals surface area (Å²) in [6.45, 7) is 13.1. The maximum absolute atomic E-state index is 11.4. The Morgan fingerprint density at radius 1 is 0.961 bits per heavy atom. The van der Waals surface area contributed by atoms with Crippen LogP contribution in [0.3, 0.4) is 0 Å². The Morgan fingerprint density at radius 2 is 1.61 bits per heavy atom. The molecule has 2 heterocycles.